The molecule has 1 aliphatic carbocycles. The molecule has 28 heavy (non-hydrogen) atoms. The van der Waals surface area contributed by atoms with Gasteiger partial charge in [0.15, 0.2) is 5.60 Å². The van der Waals surface area contributed by atoms with Crippen molar-refractivity contribution in [2.75, 3.05) is 7.11 Å². The number of hydrogen-bond donors (Lipinski definition) is 1. The van der Waals surface area contributed by atoms with Gasteiger partial charge >= 0.3 is 0 Å². The van der Waals surface area contributed by atoms with E-state index in [1.165, 1.54) is 0 Å². The van der Waals surface area contributed by atoms with Crippen molar-refractivity contribution in [2.45, 2.75) is 30.0 Å². The van der Waals surface area contributed by atoms with Crippen molar-refractivity contribution in [3.8, 4) is 11.5 Å². The number of benzene rings is 2. The van der Waals surface area contributed by atoms with E-state index in [9.17, 15) is 5.11 Å². The minimum absolute atomic E-state index is 0.0306. The second kappa shape index (κ2) is 6.23. The van der Waals surface area contributed by atoms with Crippen LogP contribution in [0, 0.1) is 0 Å². The van der Waals surface area contributed by atoms with Crippen molar-refractivity contribution in [3.63, 3.8) is 0 Å². The standard InChI is InChI=1S/C23H20ClNO3/c1-27-19-13-25-14-20-21(19)22(26)12-11-18(15-5-3-2-4-6-15)23(22,28-20)16-7-9-17(24)10-8-16/h2-10,13-14,18,26H,11-12H2,1H3/t18?,22-,23?/m1/s1. The third-order valence-electron chi connectivity index (χ3n) is 6.16. The van der Waals surface area contributed by atoms with Gasteiger partial charge in [-0.3, -0.25) is 4.98 Å². The zero-order valence-electron chi connectivity index (χ0n) is 15.4. The summed E-state index contributed by atoms with van der Waals surface area (Å²) in [6, 6.07) is 17.8. The Morgan fingerprint density at radius 2 is 1.86 bits per heavy atom. The molecule has 1 N–H and O–H groups in total. The number of halogens is 1. The van der Waals surface area contributed by atoms with Crippen LogP contribution in [0.4, 0.5) is 0 Å². The topological polar surface area (TPSA) is 51.6 Å². The molecule has 2 unspecified atom stereocenters. The number of hydrogen-bond acceptors (Lipinski definition) is 4. The molecule has 0 amide bonds. The largest absolute Gasteiger partial charge is 0.495 e. The Hall–Kier alpha value is -2.56. The fourth-order valence-corrected chi connectivity index (χ4v) is 5.14. The van der Waals surface area contributed by atoms with Crippen molar-refractivity contribution in [1.82, 2.24) is 4.98 Å². The van der Waals surface area contributed by atoms with E-state index in [2.05, 4.69) is 17.1 Å². The van der Waals surface area contributed by atoms with Gasteiger partial charge in [0, 0.05) is 10.9 Å². The van der Waals surface area contributed by atoms with Gasteiger partial charge in [-0.1, -0.05) is 54.1 Å². The fraction of sp³-hybridized carbons (Fsp3) is 0.261. The van der Waals surface area contributed by atoms with Crippen LogP contribution in [0.1, 0.15) is 35.4 Å². The van der Waals surface area contributed by atoms with Gasteiger partial charge in [0.2, 0.25) is 0 Å². The Labute approximate surface area is 168 Å². The summed E-state index contributed by atoms with van der Waals surface area (Å²) in [6.07, 6.45) is 4.64. The van der Waals surface area contributed by atoms with Gasteiger partial charge in [-0.25, -0.2) is 0 Å². The van der Waals surface area contributed by atoms with Gasteiger partial charge in [0.25, 0.3) is 0 Å². The summed E-state index contributed by atoms with van der Waals surface area (Å²) in [6.45, 7) is 0. The fourth-order valence-electron chi connectivity index (χ4n) is 5.02. The lowest BCUT2D eigenvalue weighted by molar-refractivity contribution is -0.106. The summed E-state index contributed by atoms with van der Waals surface area (Å²) in [7, 11) is 1.59. The van der Waals surface area contributed by atoms with Crippen LogP contribution in [0.5, 0.6) is 11.5 Å². The first-order chi connectivity index (χ1) is 13.6. The number of nitrogens with zero attached hydrogens (tertiary/aromatic N) is 1. The number of pyridine rings is 1. The molecule has 5 rings (SSSR count). The van der Waals surface area contributed by atoms with Crippen LogP contribution in [0.2, 0.25) is 5.02 Å². The van der Waals surface area contributed by atoms with E-state index < -0.39 is 11.2 Å². The molecule has 1 fully saturated rings. The van der Waals surface area contributed by atoms with E-state index in [0.29, 0.717) is 28.5 Å². The van der Waals surface area contributed by atoms with Crippen molar-refractivity contribution in [2.24, 2.45) is 0 Å². The number of ether oxygens (including phenoxy) is 2. The monoisotopic (exact) mass is 393 g/mol. The molecule has 5 heteroatoms. The van der Waals surface area contributed by atoms with E-state index in [1.54, 1.807) is 19.5 Å². The van der Waals surface area contributed by atoms with Gasteiger partial charge in [-0.05, 0) is 36.1 Å². The minimum Gasteiger partial charge on any atom is -0.495 e. The summed E-state index contributed by atoms with van der Waals surface area (Å²) in [4.78, 5) is 4.24. The minimum atomic E-state index is -1.23. The molecule has 142 valence electrons. The average Bonchev–Trinajstić information content (AvgIpc) is 3.16. The van der Waals surface area contributed by atoms with Crippen LogP contribution in [0.15, 0.2) is 67.0 Å². The molecule has 1 aliphatic heterocycles. The lowest BCUT2D eigenvalue weighted by atomic mass is 9.72. The maximum atomic E-state index is 12.1. The SMILES string of the molecule is COc1cncc2c1[C@]1(O)CCC(c3ccccc3)C1(c1ccc(Cl)cc1)O2. The molecule has 1 saturated carbocycles. The Balaban J connectivity index is 1.78. The maximum Gasteiger partial charge on any atom is 0.174 e. The molecule has 0 bridgehead atoms. The quantitative estimate of drug-likeness (QED) is 0.694. The Bertz CT molecular complexity index is 1020. The smallest absolute Gasteiger partial charge is 0.174 e. The summed E-state index contributed by atoms with van der Waals surface area (Å²) < 4.78 is 12.2. The number of aromatic nitrogens is 1. The molecular formula is C23H20ClNO3. The Morgan fingerprint density at radius 3 is 2.57 bits per heavy atom. The zero-order valence-corrected chi connectivity index (χ0v) is 16.2. The molecule has 3 aromatic rings. The first-order valence-corrected chi connectivity index (χ1v) is 9.73. The number of methoxy groups -OCH3 is 1. The molecule has 4 nitrogen and oxygen atoms in total. The highest BCUT2D eigenvalue weighted by Crippen LogP contribution is 2.67. The normalized spacial score (nSPS) is 27.8. The predicted molar refractivity (Wildman–Crippen MR) is 107 cm³/mol. The van der Waals surface area contributed by atoms with Crippen LogP contribution >= 0.6 is 11.6 Å². The van der Waals surface area contributed by atoms with Gasteiger partial charge in [-0.2, -0.15) is 0 Å². The second-order valence-corrected chi connectivity index (χ2v) is 7.86. The molecule has 3 atom stereocenters. The van der Waals surface area contributed by atoms with Crippen molar-refractivity contribution < 1.29 is 14.6 Å². The van der Waals surface area contributed by atoms with Crippen molar-refractivity contribution in [3.05, 3.63) is 88.7 Å². The van der Waals surface area contributed by atoms with Crippen molar-refractivity contribution in [1.29, 1.82) is 0 Å². The van der Waals surface area contributed by atoms with Gasteiger partial charge in [0.05, 0.1) is 25.1 Å². The van der Waals surface area contributed by atoms with Gasteiger partial charge in [0.1, 0.15) is 17.1 Å². The van der Waals surface area contributed by atoms with Crippen LogP contribution in [0.25, 0.3) is 0 Å². The van der Waals surface area contributed by atoms with E-state index in [0.717, 1.165) is 17.5 Å². The van der Waals surface area contributed by atoms with E-state index in [4.69, 9.17) is 21.1 Å². The molecule has 2 aliphatic rings. The number of aliphatic hydroxyl groups is 1. The van der Waals surface area contributed by atoms with Crippen LogP contribution < -0.4 is 9.47 Å². The highest BCUT2D eigenvalue weighted by Gasteiger charge is 2.69. The molecule has 0 spiro atoms. The first kappa shape index (κ1) is 17.5. The summed E-state index contributed by atoms with van der Waals surface area (Å²) >= 11 is 6.15. The zero-order chi connectivity index (χ0) is 19.4. The highest BCUT2D eigenvalue weighted by molar-refractivity contribution is 6.30. The number of fused-ring (bicyclic) bond motifs is 3. The van der Waals surface area contributed by atoms with Crippen LogP contribution in [0.3, 0.4) is 0 Å². The predicted octanol–water partition coefficient (Wildman–Crippen LogP) is 4.80. The third-order valence-corrected chi connectivity index (χ3v) is 6.41. The number of rotatable bonds is 3. The highest BCUT2D eigenvalue weighted by atomic mass is 35.5. The molecule has 1 aromatic heterocycles. The van der Waals surface area contributed by atoms with Crippen molar-refractivity contribution >= 4 is 11.6 Å². The van der Waals surface area contributed by atoms with E-state index in [-0.39, 0.29) is 5.92 Å². The van der Waals surface area contributed by atoms with E-state index in [1.807, 2.05) is 42.5 Å². The summed E-state index contributed by atoms with van der Waals surface area (Å²) in [5.74, 6) is 1.08. The van der Waals surface area contributed by atoms with Crippen LogP contribution in [-0.2, 0) is 11.2 Å². The lowest BCUT2D eigenvalue weighted by Gasteiger charge is -2.40. The van der Waals surface area contributed by atoms with E-state index >= 15 is 0 Å². The molecule has 2 heterocycles. The second-order valence-electron chi connectivity index (χ2n) is 7.42. The van der Waals surface area contributed by atoms with Gasteiger partial charge in [-0.15, -0.1) is 0 Å². The first-order valence-electron chi connectivity index (χ1n) is 9.35. The molecule has 0 radical (unpaired) electrons. The summed E-state index contributed by atoms with van der Waals surface area (Å²) in [5.41, 5.74) is 0.498. The molecule has 0 saturated heterocycles. The lowest BCUT2D eigenvalue weighted by Crippen LogP contribution is -2.48. The molecule has 2 aromatic carbocycles. The Kier molecular flexibility index (Phi) is 3.90. The Morgan fingerprint density at radius 1 is 1.11 bits per heavy atom. The average molecular weight is 394 g/mol. The maximum absolute atomic E-state index is 12.1. The third kappa shape index (κ3) is 2.19. The van der Waals surface area contributed by atoms with Crippen LogP contribution in [-0.4, -0.2) is 17.2 Å². The summed E-state index contributed by atoms with van der Waals surface area (Å²) in [5, 5.41) is 12.8. The van der Waals surface area contributed by atoms with Gasteiger partial charge < -0.3 is 14.6 Å². The molecular weight excluding hydrogens is 374 g/mol.